The van der Waals surface area contributed by atoms with Crippen molar-refractivity contribution in [1.29, 1.82) is 0 Å². The molecule has 0 aromatic heterocycles. The van der Waals surface area contributed by atoms with Gasteiger partial charge >= 0.3 is 0 Å². The van der Waals surface area contributed by atoms with E-state index in [0.717, 1.165) is 32.1 Å². The topological polar surface area (TPSA) is 37.3 Å². The summed E-state index contributed by atoms with van der Waals surface area (Å²) in [5, 5.41) is 10.4. The second kappa shape index (κ2) is 5.92. The Morgan fingerprint density at radius 1 is 1.27 bits per heavy atom. The summed E-state index contributed by atoms with van der Waals surface area (Å²) in [6.45, 7) is 12.9. The van der Waals surface area contributed by atoms with E-state index in [1.54, 1.807) is 0 Å². The number of hydrogen-bond acceptors (Lipinski definition) is 2. The molecule has 0 aliphatic heterocycles. The molecule has 2 fully saturated rings. The number of Topliss-reactive ketones (excluding diaryl/α,β-unsaturated/α-hetero) is 1. The molecule has 0 bridgehead atoms. The van der Waals surface area contributed by atoms with Crippen LogP contribution in [-0.4, -0.2) is 16.5 Å². The van der Waals surface area contributed by atoms with Crippen LogP contribution in [0.4, 0.5) is 0 Å². The van der Waals surface area contributed by atoms with E-state index >= 15 is 0 Å². The standard InChI is InChI=1S/C20H36O2/c1-14(11-13-18(2,3)19(4,5)22)15-9-10-16-17(21)8-7-12-20(15,16)6/h14-16,22H,7-13H2,1-6H3/t14-,15?,16+,20-/m1/s1. The van der Waals surface area contributed by atoms with Gasteiger partial charge in [-0.2, -0.15) is 0 Å². The maximum absolute atomic E-state index is 12.3. The van der Waals surface area contributed by atoms with E-state index in [-0.39, 0.29) is 10.8 Å². The molecule has 0 aromatic carbocycles. The van der Waals surface area contributed by atoms with E-state index in [2.05, 4.69) is 27.7 Å². The van der Waals surface area contributed by atoms with Gasteiger partial charge in [0.2, 0.25) is 0 Å². The maximum atomic E-state index is 12.3. The monoisotopic (exact) mass is 308 g/mol. The Bertz CT molecular complexity index is 418. The van der Waals surface area contributed by atoms with Crippen molar-refractivity contribution >= 4 is 5.78 Å². The van der Waals surface area contributed by atoms with Gasteiger partial charge in [0.1, 0.15) is 5.78 Å². The summed E-state index contributed by atoms with van der Waals surface area (Å²) in [7, 11) is 0. The molecule has 1 unspecified atom stereocenters. The lowest BCUT2D eigenvalue weighted by atomic mass is 9.61. The normalized spacial score (nSPS) is 34.6. The van der Waals surface area contributed by atoms with Gasteiger partial charge in [0.05, 0.1) is 5.60 Å². The Kier molecular flexibility index (Phi) is 4.84. The Morgan fingerprint density at radius 3 is 2.50 bits per heavy atom. The zero-order valence-electron chi connectivity index (χ0n) is 15.5. The maximum Gasteiger partial charge on any atom is 0.136 e. The van der Waals surface area contributed by atoms with Crippen LogP contribution in [0.2, 0.25) is 0 Å². The van der Waals surface area contributed by atoms with Crippen molar-refractivity contribution < 1.29 is 9.90 Å². The van der Waals surface area contributed by atoms with Crippen molar-refractivity contribution in [3.8, 4) is 0 Å². The highest BCUT2D eigenvalue weighted by Gasteiger charge is 2.52. The van der Waals surface area contributed by atoms with Gasteiger partial charge in [-0.3, -0.25) is 4.79 Å². The lowest BCUT2D eigenvalue weighted by Crippen LogP contribution is -2.41. The molecule has 0 saturated heterocycles. The number of aliphatic hydroxyl groups is 1. The van der Waals surface area contributed by atoms with Crippen molar-refractivity contribution in [2.45, 2.75) is 92.1 Å². The molecule has 2 rings (SSSR count). The van der Waals surface area contributed by atoms with Gasteiger partial charge in [0, 0.05) is 12.3 Å². The number of fused-ring (bicyclic) bond motifs is 1. The van der Waals surface area contributed by atoms with Crippen LogP contribution in [0.15, 0.2) is 0 Å². The molecule has 2 aliphatic carbocycles. The summed E-state index contributed by atoms with van der Waals surface area (Å²) in [6.07, 6.45) is 7.65. The summed E-state index contributed by atoms with van der Waals surface area (Å²) >= 11 is 0. The van der Waals surface area contributed by atoms with Gasteiger partial charge < -0.3 is 5.11 Å². The van der Waals surface area contributed by atoms with E-state index in [1.807, 2.05) is 13.8 Å². The van der Waals surface area contributed by atoms with Crippen LogP contribution in [0.3, 0.4) is 0 Å². The van der Waals surface area contributed by atoms with Crippen LogP contribution in [0.25, 0.3) is 0 Å². The van der Waals surface area contributed by atoms with E-state index in [9.17, 15) is 9.90 Å². The smallest absolute Gasteiger partial charge is 0.136 e. The molecule has 0 spiro atoms. The molecule has 2 nitrogen and oxygen atoms in total. The van der Waals surface area contributed by atoms with Gasteiger partial charge in [-0.1, -0.05) is 27.7 Å². The lowest BCUT2D eigenvalue weighted by molar-refractivity contribution is -0.130. The summed E-state index contributed by atoms with van der Waals surface area (Å²) in [5.41, 5.74) is -0.466. The Morgan fingerprint density at radius 2 is 1.91 bits per heavy atom. The Balaban J connectivity index is 2.02. The molecule has 0 aromatic rings. The van der Waals surface area contributed by atoms with Crippen LogP contribution in [-0.2, 0) is 4.79 Å². The quantitative estimate of drug-likeness (QED) is 0.777. The van der Waals surface area contributed by atoms with Crippen LogP contribution < -0.4 is 0 Å². The number of carbonyl (C=O) groups is 1. The molecule has 0 amide bonds. The first-order chi connectivity index (χ1) is 9.99. The Labute approximate surface area is 137 Å². The highest BCUT2D eigenvalue weighted by Crippen LogP contribution is 2.57. The molecule has 2 heteroatoms. The van der Waals surface area contributed by atoms with Crippen LogP contribution >= 0.6 is 0 Å². The van der Waals surface area contributed by atoms with E-state index in [0.29, 0.717) is 23.5 Å². The van der Waals surface area contributed by atoms with Crippen LogP contribution in [0.1, 0.15) is 86.5 Å². The average Bonchev–Trinajstić information content (AvgIpc) is 2.73. The third-order valence-electron chi connectivity index (χ3n) is 7.50. The van der Waals surface area contributed by atoms with E-state index in [4.69, 9.17) is 0 Å². The Hall–Kier alpha value is -0.370. The highest BCUT2D eigenvalue weighted by atomic mass is 16.3. The molecular formula is C20H36O2. The zero-order valence-corrected chi connectivity index (χ0v) is 15.5. The fraction of sp³-hybridized carbons (Fsp3) is 0.950. The minimum atomic E-state index is -0.643. The van der Waals surface area contributed by atoms with Crippen LogP contribution in [0.5, 0.6) is 0 Å². The van der Waals surface area contributed by atoms with Crippen molar-refractivity contribution in [2.75, 3.05) is 0 Å². The third kappa shape index (κ3) is 3.13. The fourth-order valence-electron chi connectivity index (χ4n) is 5.00. The first-order valence-corrected chi connectivity index (χ1v) is 9.24. The molecule has 128 valence electrons. The number of ketones is 1. The van der Waals surface area contributed by atoms with E-state index < -0.39 is 5.60 Å². The van der Waals surface area contributed by atoms with Gasteiger partial charge in [-0.25, -0.2) is 0 Å². The number of rotatable bonds is 5. The zero-order chi connectivity index (χ0) is 16.8. The minimum Gasteiger partial charge on any atom is -0.390 e. The summed E-state index contributed by atoms with van der Waals surface area (Å²) in [4.78, 5) is 12.3. The SMILES string of the molecule is C[C@H](CCC(C)(C)C(C)(C)O)C1CC[C@H]2C(=O)CCC[C@]12C. The fourth-order valence-corrected chi connectivity index (χ4v) is 5.00. The van der Waals surface area contributed by atoms with Gasteiger partial charge in [0.25, 0.3) is 0 Å². The summed E-state index contributed by atoms with van der Waals surface area (Å²) in [5.74, 6) is 2.18. The first kappa shape index (κ1) is 18.0. The van der Waals surface area contributed by atoms with Gasteiger partial charge in [0.15, 0.2) is 0 Å². The average molecular weight is 309 g/mol. The third-order valence-corrected chi connectivity index (χ3v) is 7.50. The molecule has 0 radical (unpaired) electrons. The van der Waals surface area contributed by atoms with Crippen molar-refractivity contribution in [2.24, 2.45) is 28.6 Å². The first-order valence-electron chi connectivity index (χ1n) is 9.24. The van der Waals surface area contributed by atoms with Crippen LogP contribution in [0, 0.1) is 28.6 Å². The second-order valence-electron chi connectivity index (χ2n) is 9.52. The van der Waals surface area contributed by atoms with Gasteiger partial charge in [-0.05, 0) is 75.0 Å². The minimum absolute atomic E-state index is 0.0669. The highest BCUT2D eigenvalue weighted by molar-refractivity contribution is 5.83. The van der Waals surface area contributed by atoms with E-state index in [1.165, 1.54) is 12.8 Å². The predicted octanol–water partition coefficient (Wildman–Crippen LogP) is 4.99. The second-order valence-corrected chi connectivity index (χ2v) is 9.52. The van der Waals surface area contributed by atoms with Gasteiger partial charge in [-0.15, -0.1) is 0 Å². The number of hydrogen-bond donors (Lipinski definition) is 1. The predicted molar refractivity (Wildman–Crippen MR) is 91.7 cm³/mol. The van der Waals surface area contributed by atoms with Crippen molar-refractivity contribution in [1.82, 2.24) is 0 Å². The molecule has 4 atom stereocenters. The summed E-state index contributed by atoms with van der Waals surface area (Å²) < 4.78 is 0. The molecular weight excluding hydrogens is 272 g/mol. The molecule has 2 aliphatic rings. The number of carbonyl (C=O) groups excluding carboxylic acids is 1. The lowest BCUT2D eigenvalue weighted by Gasteiger charge is -2.43. The molecule has 2 saturated carbocycles. The summed E-state index contributed by atoms with van der Waals surface area (Å²) in [6, 6.07) is 0. The largest absolute Gasteiger partial charge is 0.390 e. The van der Waals surface area contributed by atoms with Crippen molar-refractivity contribution in [3.63, 3.8) is 0 Å². The molecule has 1 N–H and O–H groups in total. The molecule has 0 heterocycles. The molecule has 22 heavy (non-hydrogen) atoms. The van der Waals surface area contributed by atoms with Crippen molar-refractivity contribution in [3.05, 3.63) is 0 Å².